The summed E-state index contributed by atoms with van der Waals surface area (Å²) in [6, 6.07) is 85.2. The largest absolute Gasteiger partial charge is 0.280 e. The Kier molecular flexibility index (Phi) is 26.8. The lowest BCUT2D eigenvalue weighted by atomic mass is 9.97. The third-order valence-electron chi connectivity index (χ3n) is 22.8. The van der Waals surface area contributed by atoms with Gasteiger partial charge in [-0.05, 0) is 228 Å². The molecule has 10 nitrogen and oxygen atoms in total. The van der Waals surface area contributed by atoms with E-state index in [4.69, 9.17) is 0 Å². The molecule has 0 atom stereocenters. The maximum Gasteiger partial charge on any atom is 0.280 e. The molecule has 0 amide bonds. The van der Waals surface area contributed by atoms with Gasteiger partial charge < -0.3 is 0 Å². The number of pyridine rings is 10. The fraction of sp³-hybridized carbons (Fsp3) is 0.245. The molecule has 0 saturated carbocycles. The van der Waals surface area contributed by atoms with Crippen LogP contribution in [0.5, 0.6) is 0 Å². The number of hydrogen-bond donors (Lipinski definition) is 0. The Labute approximate surface area is 692 Å². The highest BCUT2D eigenvalue weighted by molar-refractivity contribution is 5.70. The van der Waals surface area contributed by atoms with E-state index in [1.54, 1.807) is 0 Å². The van der Waals surface area contributed by atoms with E-state index in [1.807, 2.05) is 0 Å². The van der Waals surface area contributed by atoms with Crippen LogP contribution < -0.4 is 45.7 Å². The van der Waals surface area contributed by atoms with Crippen molar-refractivity contribution in [2.24, 2.45) is 70.5 Å². The van der Waals surface area contributed by atoms with Crippen LogP contribution in [0.25, 0.3) is 113 Å². The second kappa shape index (κ2) is 36.8. The highest BCUT2D eigenvalue weighted by atomic mass is 15.0. The third-order valence-corrected chi connectivity index (χ3v) is 22.8. The van der Waals surface area contributed by atoms with E-state index >= 15 is 0 Å². The van der Waals surface area contributed by atoms with Crippen LogP contribution in [0.2, 0.25) is 0 Å². The van der Waals surface area contributed by atoms with Gasteiger partial charge in [0.05, 0.1) is 0 Å². The average Bonchev–Trinajstić information content (AvgIpc) is 0.759. The van der Waals surface area contributed by atoms with Crippen LogP contribution in [-0.2, 0) is 70.5 Å². The summed E-state index contributed by atoms with van der Waals surface area (Å²) in [5.41, 5.74) is 45.8. The normalized spacial score (nSPS) is 10.8. The Balaban J connectivity index is 0.000000143. The van der Waals surface area contributed by atoms with E-state index in [0.29, 0.717) is 0 Å². The summed E-state index contributed by atoms with van der Waals surface area (Å²) in [6.07, 6.45) is 10.7. The second-order valence-electron chi connectivity index (χ2n) is 32.2. The van der Waals surface area contributed by atoms with Crippen LogP contribution in [0.4, 0.5) is 0 Å². The number of aromatic nitrogens is 10. The maximum absolute atomic E-state index is 2.36. The molecular weight excluding hydrogens is 1410 g/mol. The van der Waals surface area contributed by atoms with Gasteiger partial charge in [-0.15, -0.1) is 0 Å². The molecule has 0 saturated heterocycles. The smallest absolute Gasteiger partial charge is 0.196 e. The predicted octanol–water partition coefficient (Wildman–Crippen LogP) is 18.3. The molecule has 10 aromatic heterocycles. The van der Waals surface area contributed by atoms with Crippen LogP contribution >= 0.6 is 0 Å². The van der Waals surface area contributed by atoms with Crippen LogP contribution in [0.1, 0.15) is 89.0 Å². The lowest BCUT2D eigenvalue weighted by Gasteiger charge is -2.12. The van der Waals surface area contributed by atoms with Crippen molar-refractivity contribution in [2.75, 3.05) is 0 Å². The maximum atomic E-state index is 2.36. The molecule has 0 N–H and O–H groups in total. The molecule has 116 heavy (non-hydrogen) atoms. The minimum atomic E-state index is 1.21. The number of hydrogen-bond acceptors (Lipinski definition) is 0. The first-order valence-corrected chi connectivity index (χ1v) is 40.5. The van der Waals surface area contributed by atoms with Crippen molar-refractivity contribution < 1.29 is 45.7 Å². The summed E-state index contributed by atoms with van der Waals surface area (Å²) in [7, 11) is 21.3. The summed E-state index contributed by atoms with van der Waals surface area (Å²) in [4.78, 5) is 0. The molecule has 0 fully saturated rings. The summed E-state index contributed by atoms with van der Waals surface area (Å²) in [5, 5.41) is 0. The quantitative estimate of drug-likeness (QED) is 0.122. The van der Waals surface area contributed by atoms with Gasteiger partial charge in [0.25, 0.3) is 56.9 Å². The van der Waals surface area contributed by atoms with E-state index in [1.165, 1.54) is 202 Å². The summed E-state index contributed by atoms with van der Waals surface area (Å²) >= 11 is 0. The minimum absolute atomic E-state index is 1.21. The third kappa shape index (κ3) is 19.0. The average molecular weight is 1540 g/mol. The Hall–Kier alpha value is -12.4. The number of aryl methyl sites for hydroxylation is 21. The van der Waals surface area contributed by atoms with Gasteiger partial charge in [-0.1, -0.05) is 89.0 Å². The molecule has 0 aliphatic carbocycles. The van der Waals surface area contributed by atoms with Crippen molar-refractivity contribution in [3.05, 3.63) is 357 Å². The summed E-state index contributed by atoms with van der Waals surface area (Å²) in [6.45, 7) is 34.7. The van der Waals surface area contributed by atoms with E-state index < -0.39 is 0 Å². The van der Waals surface area contributed by atoms with E-state index in [9.17, 15) is 0 Å². The Morgan fingerprint density at radius 2 is 0.509 bits per heavy atom. The second-order valence-corrected chi connectivity index (χ2v) is 32.2. The zero-order valence-electron chi connectivity index (χ0n) is 73.9. The van der Waals surface area contributed by atoms with Crippen molar-refractivity contribution in [3.63, 3.8) is 0 Å². The molecule has 10 heterocycles. The lowest BCUT2D eigenvalue weighted by Crippen LogP contribution is -2.41. The Bertz CT molecular complexity index is 6110. The minimum Gasteiger partial charge on any atom is -0.196 e. The van der Waals surface area contributed by atoms with Gasteiger partial charge in [-0.2, -0.15) is 45.7 Å². The number of benzene rings is 5. The van der Waals surface area contributed by atoms with E-state index in [2.05, 4.69) is 495 Å². The van der Waals surface area contributed by atoms with Crippen molar-refractivity contribution >= 4 is 0 Å². The van der Waals surface area contributed by atoms with Gasteiger partial charge in [0.2, 0.25) is 28.5 Å². The number of nitrogens with zero attached hydrogens (tertiary/aromatic N) is 10. The molecule has 0 unspecified atom stereocenters. The molecule has 0 spiro atoms. The van der Waals surface area contributed by atoms with Gasteiger partial charge in [-0.3, -0.25) is 0 Å². The molecular formula is C106H122N10+10. The van der Waals surface area contributed by atoms with Crippen LogP contribution in [0.15, 0.2) is 268 Å². The Morgan fingerprint density at radius 3 is 0.966 bits per heavy atom. The standard InChI is InChI=1S/C23H28N2.3C21H24N2.C20H22N2/c1-15-10-8-9-11-20(15)22-17(3)12-18(4)23(25(22)7)21-13-16(2)19(5)14-24(21)6;1-15-9-11-18(17(3)13-15)19-7-6-8-21(23(19)5)20-12-10-16(2)14-22(20)4;1-15-9-10-18(17(3)13-15)19-7-6-8-20(23(19)5)21-14-16(2)11-12-22(21)4;1-15-9-10-18(17(3)12-15)20-13-16(2)14-21(23(20)5)19-8-6-7-11-22(19)4;1-15-11-12-17(16(2)14-15)18-9-7-10-20(22(18)4)19-8-5-6-13-21(19)3/h8-14H,1-7H3;3*6-14H,1-5H3;5-14H,1-4H3/q5*+2. The zero-order valence-corrected chi connectivity index (χ0v) is 73.9. The van der Waals surface area contributed by atoms with E-state index in [0.717, 1.165) is 0 Å². The van der Waals surface area contributed by atoms with Gasteiger partial charge >= 0.3 is 0 Å². The fourth-order valence-electron chi connectivity index (χ4n) is 16.4. The van der Waals surface area contributed by atoms with Crippen molar-refractivity contribution in [3.8, 4) is 113 Å². The van der Waals surface area contributed by atoms with Crippen molar-refractivity contribution in [2.45, 2.75) is 111 Å². The van der Waals surface area contributed by atoms with Gasteiger partial charge in [0.1, 0.15) is 70.5 Å². The molecule has 15 rings (SSSR count). The summed E-state index contributed by atoms with van der Waals surface area (Å²) < 4.78 is 22.4. The molecule has 5 aromatic carbocycles. The Morgan fingerprint density at radius 1 is 0.155 bits per heavy atom. The SMILES string of the molecule is Cc1cc(-c2c(C)cc(C)c(-c3ccccc3C)[n+]2C)[n+](C)cc1C.Cc1ccc(-c2cc(C)cc(-c3cccc[n+]3C)[n+]2C)c(C)c1.Cc1ccc(-c2cccc(-c3cc(C)cc[n+]3C)[n+]2C)c(C)c1.Cc1ccc(-c2cccc(-c3ccc(C)c[n+]3C)[n+]2C)c(C)c1.Cc1ccc(-c2cccc(-c3cccc[n+]3C)[n+]2C)c(C)c1. The molecule has 15 aromatic rings. The van der Waals surface area contributed by atoms with Crippen LogP contribution in [-0.4, -0.2) is 0 Å². The van der Waals surface area contributed by atoms with Crippen LogP contribution in [0, 0.1) is 111 Å². The molecule has 0 bridgehead atoms. The molecule has 0 aliphatic rings. The molecule has 0 aliphatic heterocycles. The lowest BCUT2D eigenvalue weighted by molar-refractivity contribution is -0.685. The number of rotatable bonds is 10. The first-order valence-electron chi connectivity index (χ1n) is 40.5. The first-order chi connectivity index (χ1) is 55.3. The summed E-state index contributed by atoms with van der Waals surface area (Å²) in [5.74, 6) is 0. The molecule has 0 radical (unpaired) electrons. The van der Waals surface area contributed by atoms with Crippen molar-refractivity contribution in [1.29, 1.82) is 0 Å². The van der Waals surface area contributed by atoms with Crippen molar-refractivity contribution in [1.82, 2.24) is 0 Å². The predicted molar refractivity (Wildman–Crippen MR) is 474 cm³/mol. The monoisotopic (exact) mass is 1530 g/mol. The first kappa shape index (κ1) is 84.5. The highest BCUT2D eigenvalue weighted by Gasteiger charge is 2.31. The molecule has 10 heteroatoms. The fourth-order valence-corrected chi connectivity index (χ4v) is 16.4. The van der Waals surface area contributed by atoms with E-state index in [-0.39, 0.29) is 0 Å². The zero-order chi connectivity index (χ0) is 83.7. The van der Waals surface area contributed by atoms with Crippen LogP contribution in [0.3, 0.4) is 0 Å². The van der Waals surface area contributed by atoms with Gasteiger partial charge in [-0.25, -0.2) is 0 Å². The van der Waals surface area contributed by atoms with Gasteiger partial charge in [0.15, 0.2) is 31.0 Å². The molecule has 586 valence electrons. The van der Waals surface area contributed by atoms with Gasteiger partial charge in [0, 0.05) is 147 Å². The highest BCUT2D eigenvalue weighted by Crippen LogP contribution is 2.32. The topological polar surface area (TPSA) is 38.8 Å².